The van der Waals surface area contributed by atoms with Gasteiger partial charge >= 0.3 is 0 Å². The molecular formula is C26H27N3O2. The molecule has 2 saturated heterocycles. The first kappa shape index (κ1) is 19.9. The Labute approximate surface area is 183 Å². The molecule has 2 aromatic carbocycles. The van der Waals surface area contributed by atoms with E-state index in [0.29, 0.717) is 19.0 Å². The molecule has 0 unspecified atom stereocenters. The van der Waals surface area contributed by atoms with Crippen LogP contribution in [-0.4, -0.2) is 40.5 Å². The summed E-state index contributed by atoms with van der Waals surface area (Å²) < 4.78 is 5.64. The minimum Gasteiger partial charge on any atom is -0.381 e. The van der Waals surface area contributed by atoms with Crippen LogP contribution >= 0.6 is 0 Å². The van der Waals surface area contributed by atoms with Gasteiger partial charge in [0.2, 0.25) is 5.91 Å². The molecule has 158 valence electrons. The molecule has 2 aliphatic rings. The molecule has 0 radical (unpaired) electrons. The van der Waals surface area contributed by atoms with Gasteiger partial charge in [-0.25, -0.2) is 9.97 Å². The van der Waals surface area contributed by atoms with E-state index in [1.54, 1.807) is 0 Å². The van der Waals surface area contributed by atoms with Gasteiger partial charge in [-0.1, -0.05) is 60.7 Å². The fraction of sp³-hybridized carbons (Fsp3) is 0.346. The van der Waals surface area contributed by atoms with Crippen molar-refractivity contribution in [3.05, 3.63) is 84.2 Å². The number of hydrogen-bond donors (Lipinski definition) is 0. The van der Waals surface area contributed by atoms with Gasteiger partial charge in [0.05, 0.1) is 17.2 Å². The molecule has 31 heavy (non-hydrogen) atoms. The molecule has 3 aromatic rings. The Morgan fingerprint density at radius 2 is 1.68 bits per heavy atom. The summed E-state index contributed by atoms with van der Waals surface area (Å²) >= 11 is 0. The van der Waals surface area contributed by atoms with Gasteiger partial charge in [0.1, 0.15) is 0 Å². The fourth-order valence-corrected chi connectivity index (χ4v) is 4.98. The molecular weight excluding hydrogens is 386 g/mol. The van der Waals surface area contributed by atoms with Crippen LogP contribution in [0.5, 0.6) is 0 Å². The average molecular weight is 414 g/mol. The Kier molecular flexibility index (Phi) is 5.51. The van der Waals surface area contributed by atoms with Gasteiger partial charge in [-0.15, -0.1) is 0 Å². The number of carbonyl (C=O) groups is 1. The van der Waals surface area contributed by atoms with Gasteiger partial charge < -0.3 is 9.64 Å². The maximum Gasteiger partial charge on any atom is 0.233 e. The second-order valence-corrected chi connectivity index (χ2v) is 8.39. The van der Waals surface area contributed by atoms with Gasteiger partial charge in [-0.2, -0.15) is 0 Å². The lowest BCUT2D eigenvalue weighted by atomic mass is 9.73. The molecule has 2 fully saturated rings. The third kappa shape index (κ3) is 3.74. The number of ether oxygens (including phenoxy) is 1. The number of aromatic nitrogens is 2. The predicted octanol–water partition coefficient (Wildman–Crippen LogP) is 4.56. The minimum absolute atomic E-state index is 0.0126. The molecule has 1 amide bonds. The molecule has 0 aliphatic carbocycles. The zero-order valence-electron chi connectivity index (χ0n) is 17.6. The van der Waals surface area contributed by atoms with Gasteiger partial charge in [0.15, 0.2) is 5.82 Å². The van der Waals surface area contributed by atoms with Crippen LogP contribution in [0.4, 0.5) is 0 Å². The van der Waals surface area contributed by atoms with E-state index in [-0.39, 0.29) is 11.9 Å². The quantitative estimate of drug-likeness (QED) is 0.629. The molecule has 0 saturated carbocycles. The standard InChI is InChI=1S/C26H27N3O2/c30-25(26(14-18-31-19-15-26)21-10-5-2-6-11-21)29-17-7-12-23(29)22-13-16-27-24(28-22)20-8-3-1-4-9-20/h1-6,8-11,13,16,23H,7,12,14-15,17-19H2/t23-/m1/s1. The summed E-state index contributed by atoms with van der Waals surface area (Å²) in [5.74, 6) is 0.922. The van der Waals surface area contributed by atoms with Gasteiger partial charge in [0.25, 0.3) is 0 Å². The van der Waals surface area contributed by atoms with Crippen molar-refractivity contribution in [3.63, 3.8) is 0 Å². The van der Waals surface area contributed by atoms with Crippen molar-refractivity contribution in [2.75, 3.05) is 19.8 Å². The summed E-state index contributed by atoms with van der Waals surface area (Å²) in [6.07, 6.45) is 5.17. The van der Waals surface area contributed by atoms with Crippen molar-refractivity contribution in [2.24, 2.45) is 0 Å². The minimum atomic E-state index is -0.516. The number of carbonyl (C=O) groups excluding carboxylic acids is 1. The SMILES string of the molecule is O=C(N1CCC[C@@H]1c1ccnc(-c2ccccc2)n1)C1(c2ccccc2)CCOCC1. The maximum absolute atomic E-state index is 14.1. The Balaban J connectivity index is 1.48. The third-order valence-corrected chi connectivity index (χ3v) is 6.65. The van der Waals surface area contributed by atoms with E-state index in [1.807, 2.05) is 60.8 Å². The Hall–Kier alpha value is -3.05. The number of nitrogens with zero attached hydrogens (tertiary/aromatic N) is 3. The highest BCUT2D eigenvalue weighted by molar-refractivity contribution is 5.89. The van der Waals surface area contributed by atoms with Crippen molar-refractivity contribution in [1.29, 1.82) is 0 Å². The summed E-state index contributed by atoms with van der Waals surface area (Å²) in [6, 6.07) is 22.2. The lowest BCUT2D eigenvalue weighted by Crippen LogP contribution is -2.49. The van der Waals surface area contributed by atoms with Crippen molar-refractivity contribution in [1.82, 2.24) is 14.9 Å². The molecule has 0 bridgehead atoms. The maximum atomic E-state index is 14.1. The van der Waals surface area contributed by atoms with Crippen LogP contribution in [0.2, 0.25) is 0 Å². The van der Waals surface area contributed by atoms with Crippen molar-refractivity contribution in [3.8, 4) is 11.4 Å². The van der Waals surface area contributed by atoms with E-state index in [2.05, 4.69) is 22.0 Å². The van der Waals surface area contributed by atoms with Crippen molar-refractivity contribution < 1.29 is 9.53 Å². The molecule has 1 aromatic heterocycles. The van der Waals surface area contributed by atoms with Gasteiger partial charge in [-0.05, 0) is 37.3 Å². The van der Waals surface area contributed by atoms with E-state index in [0.717, 1.165) is 49.0 Å². The van der Waals surface area contributed by atoms with Crippen LogP contribution in [0, 0.1) is 0 Å². The first-order valence-corrected chi connectivity index (χ1v) is 11.1. The molecule has 5 nitrogen and oxygen atoms in total. The predicted molar refractivity (Wildman–Crippen MR) is 119 cm³/mol. The van der Waals surface area contributed by atoms with Crippen molar-refractivity contribution >= 4 is 5.91 Å². The number of rotatable bonds is 4. The monoisotopic (exact) mass is 413 g/mol. The van der Waals surface area contributed by atoms with Crippen LogP contribution in [-0.2, 0) is 14.9 Å². The number of benzene rings is 2. The smallest absolute Gasteiger partial charge is 0.233 e. The summed E-state index contributed by atoms with van der Waals surface area (Å²) in [5.41, 5.74) is 2.50. The van der Waals surface area contributed by atoms with E-state index in [9.17, 15) is 4.79 Å². The van der Waals surface area contributed by atoms with Crippen LogP contribution in [0.1, 0.15) is 43.0 Å². The summed E-state index contributed by atoms with van der Waals surface area (Å²) in [5, 5.41) is 0. The van der Waals surface area contributed by atoms with Crippen LogP contribution in [0.3, 0.4) is 0 Å². The van der Waals surface area contributed by atoms with Crippen LogP contribution in [0.15, 0.2) is 72.9 Å². The highest BCUT2D eigenvalue weighted by Gasteiger charge is 2.46. The van der Waals surface area contributed by atoms with Crippen molar-refractivity contribution in [2.45, 2.75) is 37.1 Å². The summed E-state index contributed by atoms with van der Waals surface area (Å²) in [7, 11) is 0. The molecule has 0 N–H and O–H groups in total. The fourth-order valence-electron chi connectivity index (χ4n) is 4.98. The van der Waals surface area contributed by atoms with Gasteiger partial charge in [-0.3, -0.25) is 4.79 Å². The summed E-state index contributed by atoms with van der Waals surface area (Å²) in [4.78, 5) is 25.5. The Morgan fingerprint density at radius 3 is 2.42 bits per heavy atom. The van der Waals surface area contributed by atoms with Crippen LogP contribution in [0.25, 0.3) is 11.4 Å². The van der Waals surface area contributed by atoms with E-state index in [4.69, 9.17) is 9.72 Å². The normalized spacial score (nSPS) is 20.5. The van der Waals surface area contributed by atoms with E-state index in [1.165, 1.54) is 0 Å². The third-order valence-electron chi connectivity index (χ3n) is 6.65. The topological polar surface area (TPSA) is 55.3 Å². The molecule has 5 heteroatoms. The molecule has 3 heterocycles. The Bertz CT molecular complexity index is 1030. The number of hydrogen-bond acceptors (Lipinski definition) is 4. The first-order chi connectivity index (χ1) is 15.3. The first-order valence-electron chi connectivity index (χ1n) is 11.1. The van der Waals surface area contributed by atoms with Crippen LogP contribution < -0.4 is 0 Å². The highest BCUT2D eigenvalue weighted by atomic mass is 16.5. The highest BCUT2D eigenvalue weighted by Crippen LogP contribution is 2.41. The zero-order chi connectivity index (χ0) is 21.1. The number of likely N-dealkylation sites (tertiary alicyclic amines) is 1. The second-order valence-electron chi connectivity index (χ2n) is 8.39. The zero-order valence-corrected chi connectivity index (χ0v) is 17.6. The Morgan fingerprint density at radius 1 is 0.968 bits per heavy atom. The lowest BCUT2D eigenvalue weighted by Gasteiger charge is -2.40. The molecule has 0 spiro atoms. The van der Waals surface area contributed by atoms with Gasteiger partial charge in [0, 0.05) is 31.5 Å². The molecule has 1 atom stereocenters. The lowest BCUT2D eigenvalue weighted by molar-refractivity contribution is -0.142. The molecule has 2 aliphatic heterocycles. The second kappa shape index (κ2) is 8.60. The van der Waals surface area contributed by atoms with E-state index >= 15 is 0 Å². The average Bonchev–Trinajstić information content (AvgIpc) is 3.35. The molecule has 5 rings (SSSR count). The summed E-state index contributed by atoms with van der Waals surface area (Å²) in [6.45, 7) is 2.00. The van der Waals surface area contributed by atoms with E-state index < -0.39 is 5.41 Å². The number of amides is 1. The largest absolute Gasteiger partial charge is 0.381 e.